The van der Waals surface area contributed by atoms with Crippen LogP contribution in [0.15, 0.2) is 33.9 Å². The Morgan fingerprint density at radius 2 is 2.23 bits per heavy atom. The highest BCUT2D eigenvalue weighted by Gasteiger charge is 2.54. The van der Waals surface area contributed by atoms with Gasteiger partial charge in [-0.05, 0) is 33.9 Å². The molecule has 0 aliphatic carbocycles. The van der Waals surface area contributed by atoms with E-state index in [-0.39, 0.29) is 36.7 Å². The van der Waals surface area contributed by atoms with Crippen LogP contribution < -0.4 is 10.0 Å². The van der Waals surface area contributed by atoms with E-state index < -0.39 is 38.6 Å². The Hall–Kier alpha value is -2.47. The Morgan fingerprint density at radius 3 is 2.86 bits per heavy atom. The maximum absolute atomic E-state index is 12.9. The molecule has 188 valence electrons. The Balaban J connectivity index is 1.53. The molecule has 0 bridgehead atoms. The van der Waals surface area contributed by atoms with Crippen molar-refractivity contribution in [3.63, 3.8) is 0 Å². The number of fused-ring (bicyclic) bond motifs is 1. The Morgan fingerprint density at radius 1 is 1.43 bits per heavy atom. The molecule has 0 radical (unpaired) electrons. The molecule has 4 rings (SSSR count). The number of sulfonamides is 1. The molecule has 3 atom stereocenters. The maximum Gasteiger partial charge on any atom is 0.352 e. The Bertz CT molecular complexity index is 1230. The van der Waals surface area contributed by atoms with Gasteiger partial charge in [0, 0.05) is 22.4 Å². The van der Waals surface area contributed by atoms with Gasteiger partial charge in [-0.25, -0.2) is 23.0 Å². The van der Waals surface area contributed by atoms with Gasteiger partial charge in [0.1, 0.15) is 17.1 Å². The highest BCUT2D eigenvalue weighted by molar-refractivity contribution is 8.01. The minimum atomic E-state index is -3.45. The van der Waals surface area contributed by atoms with Gasteiger partial charge in [0.05, 0.1) is 12.7 Å². The number of amides is 2. The molecule has 0 saturated carbocycles. The molecule has 0 aromatic carbocycles. The van der Waals surface area contributed by atoms with Crippen LogP contribution in [0.1, 0.15) is 11.3 Å². The van der Waals surface area contributed by atoms with Crippen LogP contribution in [0.3, 0.4) is 0 Å². The van der Waals surface area contributed by atoms with Crippen molar-refractivity contribution in [2.75, 3.05) is 18.6 Å². The summed E-state index contributed by atoms with van der Waals surface area (Å²) in [7, 11) is -3.45. The molecule has 2 amide bonds. The first-order chi connectivity index (χ1) is 16.6. The third-order valence-electron chi connectivity index (χ3n) is 5.17. The monoisotopic (exact) mass is 559 g/mol. The average Bonchev–Trinajstić information content (AvgIpc) is 3.49. The fourth-order valence-corrected chi connectivity index (χ4v) is 7.44. The van der Waals surface area contributed by atoms with Crippen molar-refractivity contribution in [2.24, 2.45) is 0 Å². The van der Waals surface area contributed by atoms with Gasteiger partial charge in [-0.1, -0.05) is 17.8 Å². The second kappa shape index (κ2) is 10.7. The van der Waals surface area contributed by atoms with E-state index >= 15 is 0 Å². The number of β-lactam (4-membered cyclic amide) rings is 1. The lowest BCUT2D eigenvalue weighted by Crippen LogP contribution is -2.70. The van der Waals surface area contributed by atoms with Gasteiger partial charge in [-0.3, -0.25) is 14.5 Å². The molecule has 1 unspecified atom stereocenters. The lowest BCUT2D eigenvalue weighted by Gasteiger charge is -2.50. The van der Waals surface area contributed by atoms with E-state index in [9.17, 15) is 27.9 Å². The number of aromatic nitrogens is 4. The van der Waals surface area contributed by atoms with Gasteiger partial charge in [-0.15, -0.1) is 28.2 Å². The van der Waals surface area contributed by atoms with Gasteiger partial charge in [0.15, 0.2) is 0 Å². The SMILES string of the molecule is CS(=O)(=O)NCCC(Sc1nnn[nH]1)C1=C(C(=O)O)N2C(=O)[C@@H](NC(=O)Cc3cccs3)[C@@H]2SC1. The Labute approximate surface area is 212 Å². The van der Waals surface area contributed by atoms with Gasteiger partial charge in [-0.2, -0.15) is 0 Å². The number of carbonyl (C=O) groups is 3. The van der Waals surface area contributed by atoms with E-state index in [0.29, 0.717) is 10.7 Å². The molecule has 2 aromatic rings. The van der Waals surface area contributed by atoms with Crippen molar-refractivity contribution in [3.8, 4) is 0 Å². The number of thiophene rings is 1. The van der Waals surface area contributed by atoms with Gasteiger partial charge >= 0.3 is 5.97 Å². The molecule has 2 aliphatic rings. The van der Waals surface area contributed by atoms with Gasteiger partial charge in [0.2, 0.25) is 21.1 Å². The number of carboxylic acid groups (broad SMARTS) is 1. The topological polar surface area (TPSA) is 187 Å². The summed E-state index contributed by atoms with van der Waals surface area (Å²) in [6.07, 6.45) is 1.41. The first-order valence-corrected chi connectivity index (χ1v) is 14.9. The van der Waals surface area contributed by atoms with Crippen molar-refractivity contribution in [2.45, 2.75) is 34.7 Å². The molecule has 17 heteroatoms. The minimum Gasteiger partial charge on any atom is -0.477 e. The number of aromatic amines is 1. The molecule has 1 saturated heterocycles. The van der Waals surface area contributed by atoms with Crippen molar-refractivity contribution in [1.82, 2.24) is 35.6 Å². The molecular weight excluding hydrogens is 539 g/mol. The van der Waals surface area contributed by atoms with Crippen LogP contribution in [0.2, 0.25) is 0 Å². The van der Waals surface area contributed by atoms with E-state index in [1.54, 1.807) is 0 Å². The summed E-state index contributed by atoms with van der Waals surface area (Å²) in [5.41, 5.74) is 0.291. The summed E-state index contributed by atoms with van der Waals surface area (Å²) >= 11 is 3.93. The highest BCUT2D eigenvalue weighted by atomic mass is 32.2. The molecule has 35 heavy (non-hydrogen) atoms. The standard InChI is InChI=1S/C18H21N7O6S4/c1-35(30,31)19-5-4-11(34-18-21-23-24-22-18)10-8-33-16-13(15(27)25(16)14(10)17(28)29)20-12(26)7-9-3-2-6-32-9/h2-3,6,11,13,16,19H,4-5,7-8H2,1H3,(H,20,26)(H,28,29)(H,21,22,23,24)/t11?,13-,16+/m1/s1. The van der Waals surface area contributed by atoms with E-state index in [2.05, 4.69) is 30.7 Å². The smallest absolute Gasteiger partial charge is 0.352 e. The zero-order valence-corrected chi connectivity index (χ0v) is 21.5. The van der Waals surface area contributed by atoms with Crippen molar-refractivity contribution in [3.05, 3.63) is 33.7 Å². The number of carbonyl (C=O) groups excluding carboxylic acids is 2. The predicted octanol–water partition coefficient (Wildman–Crippen LogP) is -0.357. The van der Waals surface area contributed by atoms with E-state index in [1.807, 2.05) is 17.5 Å². The summed E-state index contributed by atoms with van der Waals surface area (Å²) in [6, 6.07) is 2.84. The number of thioether (sulfide) groups is 2. The quantitative estimate of drug-likeness (QED) is 0.208. The van der Waals surface area contributed by atoms with Crippen LogP contribution in [0, 0.1) is 0 Å². The number of H-pyrrole nitrogens is 1. The van der Waals surface area contributed by atoms with Crippen LogP contribution in [0.5, 0.6) is 0 Å². The number of nitrogens with one attached hydrogen (secondary N) is 3. The van der Waals surface area contributed by atoms with E-state index in [0.717, 1.165) is 22.9 Å². The maximum atomic E-state index is 12.9. The second-order valence-corrected chi connectivity index (χ2v) is 12.8. The van der Waals surface area contributed by atoms with Crippen LogP contribution in [-0.4, -0.2) is 92.1 Å². The second-order valence-electron chi connectivity index (χ2n) is 7.66. The van der Waals surface area contributed by atoms with Crippen molar-refractivity contribution < 1.29 is 27.9 Å². The summed E-state index contributed by atoms with van der Waals surface area (Å²) < 4.78 is 25.4. The van der Waals surface area contributed by atoms with Gasteiger partial charge < -0.3 is 10.4 Å². The number of nitrogens with zero attached hydrogens (tertiary/aromatic N) is 4. The third kappa shape index (κ3) is 6.03. The number of hydrogen-bond donors (Lipinski definition) is 4. The summed E-state index contributed by atoms with van der Waals surface area (Å²) in [5.74, 6) is -1.82. The van der Waals surface area contributed by atoms with E-state index in [1.165, 1.54) is 28.0 Å². The molecule has 13 nitrogen and oxygen atoms in total. The highest BCUT2D eigenvalue weighted by Crippen LogP contribution is 2.44. The summed E-state index contributed by atoms with van der Waals surface area (Å²) in [4.78, 5) is 39.7. The molecule has 2 aliphatic heterocycles. The lowest BCUT2D eigenvalue weighted by molar-refractivity contribution is -0.150. The largest absolute Gasteiger partial charge is 0.477 e. The van der Waals surface area contributed by atoms with Crippen molar-refractivity contribution >= 4 is 62.7 Å². The lowest BCUT2D eigenvalue weighted by atomic mass is 10.00. The number of hydrogen-bond acceptors (Lipinski definition) is 11. The van der Waals surface area contributed by atoms with Crippen LogP contribution in [0.25, 0.3) is 0 Å². The fourth-order valence-electron chi connectivity index (χ4n) is 3.70. The number of aliphatic carboxylic acids is 1. The third-order valence-corrected chi connectivity index (χ3v) is 9.28. The van der Waals surface area contributed by atoms with Crippen LogP contribution >= 0.6 is 34.9 Å². The summed E-state index contributed by atoms with van der Waals surface area (Å²) in [5, 5.41) is 27.3. The summed E-state index contributed by atoms with van der Waals surface area (Å²) in [6.45, 7) is 0.0535. The molecule has 4 heterocycles. The zero-order valence-electron chi connectivity index (χ0n) is 18.2. The number of rotatable bonds is 11. The van der Waals surface area contributed by atoms with E-state index in [4.69, 9.17) is 0 Å². The molecule has 4 N–H and O–H groups in total. The molecule has 1 fully saturated rings. The Kier molecular flexibility index (Phi) is 7.80. The molecule has 2 aromatic heterocycles. The normalized spacial score (nSPS) is 20.8. The average molecular weight is 560 g/mol. The zero-order chi connectivity index (χ0) is 25.2. The van der Waals surface area contributed by atoms with Gasteiger partial charge in [0.25, 0.3) is 5.91 Å². The first kappa shape index (κ1) is 25.6. The van der Waals surface area contributed by atoms with Crippen molar-refractivity contribution in [1.29, 1.82) is 0 Å². The predicted molar refractivity (Wildman–Crippen MR) is 129 cm³/mol. The number of carboxylic acids is 1. The molecule has 0 spiro atoms. The van der Waals surface area contributed by atoms with Crippen LogP contribution in [0.4, 0.5) is 0 Å². The number of tetrazole rings is 1. The molecular formula is C18H21N7O6S4. The first-order valence-electron chi connectivity index (χ1n) is 10.2. The fraction of sp³-hybridized carbons (Fsp3) is 0.444. The van der Waals surface area contributed by atoms with Crippen LogP contribution in [-0.2, 0) is 30.8 Å². The minimum absolute atomic E-state index is 0.0535.